The van der Waals surface area contributed by atoms with Crippen LogP contribution in [0.25, 0.3) is 0 Å². The summed E-state index contributed by atoms with van der Waals surface area (Å²) in [6, 6.07) is 1.96. The quantitative estimate of drug-likeness (QED) is 0.869. The minimum Gasteiger partial charge on any atom is -0.481 e. The molecule has 0 atom stereocenters. The van der Waals surface area contributed by atoms with Gasteiger partial charge in [0.2, 0.25) is 0 Å². The first-order chi connectivity index (χ1) is 7.30. The standard InChI is InChI=1S/C11H11BrF2O2/c1-11(2,10(15)16)7-4-8(13)6(5-12)3-9(7)14/h3-4H,5H2,1-2H3,(H,15,16). The van der Waals surface area contributed by atoms with Gasteiger partial charge in [0.15, 0.2) is 0 Å². The molecule has 0 spiro atoms. The van der Waals surface area contributed by atoms with Gasteiger partial charge in [0.1, 0.15) is 11.6 Å². The van der Waals surface area contributed by atoms with E-state index in [-0.39, 0.29) is 16.5 Å². The summed E-state index contributed by atoms with van der Waals surface area (Å²) in [7, 11) is 0. The van der Waals surface area contributed by atoms with E-state index in [0.29, 0.717) is 0 Å². The van der Waals surface area contributed by atoms with Gasteiger partial charge in [-0.15, -0.1) is 0 Å². The van der Waals surface area contributed by atoms with Crippen molar-refractivity contribution in [1.82, 2.24) is 0 Å². The lowest BCUT2D eigenvalue weighted by Crippen LogP contribution is -2.30. The number of rotatable bonds is 3. The van der Waals surface area contributed by atoms with Gasteiger partial charge in [-0.1, -0.05) is 15.9 Å². The van der Waals surface area contributed by atoms with E-state index >= 15 is 0 Å². The summed E-state index contributed by atoms with van der Waals surface area (Å²) in [5, 5.41) is 9.12. The molecule has 5 heteroatoms. The minimum atomic E-state index is -1.45. The highest BCUT2D eigenvalue weighted by Gasteiger charge is 2.33. The Hall–Kier alpha value is -0.970. The second kappa shape index (κ2) is 4.49. The lowest BCUT2D eigenvalue weighted by atomic mass is 9.84. The van der Waals surface area contributed by atoms with Crippen molar-refractivity contribution in [2.45, 2.75) is 24.6 Å². The first kappa shape index (κ1) is 13.1. The van der Waals surface area contributed by atoms with Gasteiger partial charge in [0.05, 0.1) is 5.41 Å². The Kier molecular flexibility index (Phi) is 3.68. The van der Waals surface area contributed by atoms with Crippen molar-refractivity contribution < 1.29 is 18.7 Å². The summed E-state index contributed by atoms with van der Waals surface area (Å²) in [4.78, 5) is 10.9. The van der Waals surface area contributed by atoms with Crippen LogP contribution in [0.4, 0.5) is 8.78 Å². The summed E-state index contributed by atoms with van der Waals surface area (Å²) in [5.41, 5.74) is -1.43. The molecule has 1 aromatic carbocycles. The van der Waals surface area contributed by atoms with Crippen LogP contribution in [-0.4, -0.2) is 11.1 Å². The monoisotopic (exact) mass is 292 g/mol. The SMILES string of the molecule is CC(C)(C(=O)O)c1cc(F)c(CBr)cc1F. The zero-order valence-electron chi connectivity index (χ0n) is 8.85. The Morgan fingerprint density at radius 2 is 1.94 bits per heavy atom. The molecule has 0 bridgehead atoms. The highest BCUT2D eigenvalue weighted by Crippen LogP contribution is 2.28. The second-order valence-electron chi connectivity index (χ2n) is 3.99. The first-order valence-corrected chi connectivity index (χ1v) is 5.70. The van der Waals surface area contributed by atoms with Crippen molar-refractivity contribution in [2.24, 2.45) is 0 Å². The topological polar surface area (TPSA) is 37.3 Å². The van der Waals surface area contributed by atoms with Crippen LogP contribution in [0.2, 0.25) is 0 Å². The summed E-state index contributed by atoms with van der Waals surface area (Å²) in [5.74, 6) is -2.51. The number of halogens is 3. The van der Waals surface area contributed by atoms with Crippen LogP contribution in [0, 0.1) is 11.6 Å². The number of aliphatic carboxylic acids is 1. The third-order valence-corrected chi connectivity index (χ3v) is 3.09. The van der Waals surface area contributed by atoms with Gasteiger partial charge in [0.25, 0.3) is 0 Å². The van der Waals surface area contributed by atoms with Crippen LogP contribution >= 0.6 is 15.9 Å². The first-order valence-electron chi connectivity index (χ1n) is 4.58. The molecular weight excluding hydrogens is 282 g/mol. The lowest BCUT2D eigenvalue weighted by molar-refractivity contribution is -0.142. The molecule has 0 unspecified atom stereocenters. The summed E-state index contributed by atoms with van der Waals surface area (Å²) in [6.45, 7) is 2.67. The van der Waals surface area contributed by atoms with Crippen LogP contribution in [-0.2, 0) is 15.5 Å². The third kappa shape index (κ3) is 2.24. The van der Waals surface area contributed by atoms with Crippen molar-refractivity contribution in [3.63, 3.8) is 0 Å². The number of hydrogen-bond acceptors (Lipinski definition) is 1. The lowest BCUT2D eigenvalue weighted by Gasteiger charge is -2.20. The van der Waals surface area contributed by atoms with E-state index in [0.717, 1.165) is 12.1 Å². The van der Waals surface area contributed by atoms with Gasteiger partial charge >= 0.3 is 5.97 Å². The van der Waals surface area contributed by atoms with Crippen molar-refractivity contribution in [2.75, 3.05) is 0 Å². The van der Waals surface area contributed by atoms with Gasteiger partial charge in [0, 0.05) is 16.5 Å². The number of hydrogen-bond donors (Lipinski definition) is 1. The van der Waals surface area contributed by atoms with E-state index in [2.05, 4.69) is 15.9 Å². The van der Waals surface area contributed by atoms with Crippen molar-refractivity contribution in [3.8, 4) is 0 Å². The predicted octanol–water partition coefficient (Wildman–Crippen LogP) is 3.22. The van der Waals surface area contributed by atoms with Crippen molar-refractivity contribution in [3.05, 3.63) is 34.9 Å². The number of carboxylic acids is 1. The average molecular weight is 293 g/mol. The molecule has 0 aliphatic heterocycles. The Bertz CT molecular complexity index is 430. The van der Waals surface area contributed by atoms with E-state index in [1.807, 2.05) is 0 Å². The van der Waals surface area contributed by atoms with Crippen LogP contribution in [0.5, 0.6) is 0 Å². The maximum Gasteiger partial charge on any atom is 0.313 e. The third-order valence-electron chi connectivity index (χ3n) is 2.49. The van der Waals surface area contributed by atoms with E-state index in [1.54, 1.807) is 0 Å². The van der Waals surface area contributed by atoms with E-state index in [9.17, 15) is 13.6 Å². The fraction of sp³-hybridized carbons (Fsp3) is 0.364. The molecule has 0 aliphatic carbocycles. The Balaban J connectivity index is 3.37. The smallest absolute Gasteiger partial charge is 0.313 e. The van der Waals surface area contributed by atoms with Crippen LogP contribution in [0.3, 0.4) is 0 Å². The summed E-state index contributed by atoms with van der Waals surface area (Å²) < 4.78 is 27.1. The molecule has 1 rings (SSSR count). The number of alkyl halides is 1. The van der Waals surface area contributed by atoms with Crippen molar-refractivity contribution >= 4 is 21.9 Å². The van der Waals surface area contributed by atoms with Crippen LogP contribution in [0.15, 0.2) is 12.1 Å². The van der Waals surface area contributed by atoms with Crippen molar-refractivity contribution in [1.29, 1.82) is 0 Å². The normalized spacial score (nSPS) is 11.6. The fourth-order valence-electron chi connectivity index (χ4n) is 1.28. The number of carbonyl (C=O) groups is 1. The molecular formula is C11H11BrF2O2. The van der Waals surface area contributed by atoms with Gasteiger partial charge in [-0.25, -0.2) is 8.78 Å². The number of benzene rings is 1. The molecule has 0 saturated carbocycles. The average Bonchev–Trinajstić information content (AvgIpc) is 2.20. The zero-order valence-corrected chi connectivity index (χ0v) is 10.4. The zero-order chi connectivity index (χ0) is 12.5. The predicted molar refractivity (Wildman–Crippen MR) is 59.7 cm³/mol. The highest BCUT2D eigenvalue weighted by atomic mass is 79.9. The minimum absolute atomic E-state index is 0.151. The maximum absolute atomic E-state index is 13.6. The molecule has 0 amide bonds. The molecule has 88 valence electrons. The molecule has 0 radical (unpaired) electrons. The molecule has 0 heterocycles. The van der Waals surface area contributed by atoms with Crippen LogP contribution in [0.1, 0.15) is 25.0 Å². The Morgan fingerprint density at radius 1 is 1.38 bits per heavy atom. The van der Waals surface area contributed by atoms with Gasteiger partial charge in [-0.3, -0.25) is 4.79 Å². The Morgan fingerprint density at radius 3 is 2.38 bits per heavy atom. The van der Waals surface area contributed by atoms with Gasteiger partial charge < -0.3 is 5.11 Å². The molecule has 1 aromatic rings. The molecule has 0 aromatic heterocycles. The summed E-state index contributed by atoms with van der Waals surface area (Å²) >= 11 is 3.02. The maximum atomic E-state index is 13.6. The van der Waals surface area contributed by atoms with Crippen LogP contribution < -0.4 is 0 Å². The fourth-order valence-corrected chi connectivity index (χ4v) is 1.71. The number of carboxylic acid groups (broad SMARTS) is 1. The second-order valence-corrected chi connectivity index (χ2v) is 4.55. The largest absolute Gasteiger partial charge is 0.481 e. The molecule has 16 heavy (non-hydrogen) atoms. The highest BCUT2D eigenvalue weighted by molar-refractivity contribution is 9.08. The molecule has 0 fully saturated rings. The molecule has 0 saturated heterocycles. The van der Waals surface area contributed by atoms with E-state index in [4.69, 9.17) is 5.11 Å². The molecule has 0 aliphatic rings. The van der Waals surface area contributed by atoms with E-state index in [1.165, 1.54) is 13.8 Å². The summed E-state index contributed by atoms with van der Waals surface area (Å²) in [6.07, 6.45) is 0. The molecule has 1 N–H and O–H groups in total. The van der Waals surface area contributed by atoms with E-state index < -0.39 is 23.0 Å². The molecule has 2 nitrogen and oxygen atoms in total. The van der Waals surface area contributed by atoms with Gasteiger partial charge in [-0.2, -0.15) is 0 Å². The van der Waals surface area contributed by atoms with Gasteiger partial charge in [-0.05, 0) is 26.0 Å². The Labute approximate surface area is 100 Å².